The molecule has 0 aliphatic carbocycles. The van der Waals surface area contributed by atoms with Crippen molar-refractivity contribution in [2.24, 2.45) is 0 Å². The van der Waals surface area contributed by atoms with Crippen molar-refractivity contribution in [2.45, 2.75) is 30.8 Å². The third-order valence-electron chi connectivity index (χ3n) is 4.18. The maximum Gasteiger partial charge on any atom is 0.243 e. The molecule has 26 heavy (non-hydrogen) atoms. The standard InChI is InChI=1S/C17H20FN3O4S/c1-12-8-13(18)5-6-15(12)26(22,23)21-7-3-4-14(11-21)25-17-10-19-9-16(20-17)24-2/h5-6,8-10,14H,3-4,7,11H2,1-2H3. The first-order valence-corrected chi connectivity index (χ1v) is 9.63. The number of aromatic nitrogens is 2. The van der Waals surface area contributed by atoms with Crippen LogP contribution in [-0.2, 0) is 10.0 Å². The van der Waals surface area contributed by atoms with Gasteiger partial charge in [-0.1, -0.05) is 0 Å². The van der Waals surface area contributed by atoms with Gasteiger partial charge in [0.25, 0.3) is 0 Å². The fourth-order valence-corrected chi connectivity index (χ4v) is 4.63. The monoisotopic (exact) mass is 381 g/mol. The van der Waals surface area contributed by atoms with Crippen molar-refractivity contribution < 1.29 is 22.3 Å². The average Bonchev–Trinajstić information content (AvgIpc) is 2.62. The SMILES string of the molecule is COc1cncc(OC2CCCN(S(=O)(=O)c3ccc(F)cc3C)C2)n1. The first-order valence-electron chi connectivity index (χ1n) is 8.19. The fourth-order valence-electron chi connectivity index (χ4n) is 2.92. The molecule has 1 aromatic carbocycles. The van der Waals surface area contributed by atoms with Crippen LogP contribution in [0.5, 0.6) is 11.8 Å². The summed E-state index contributed by atoms with van der Waals surface area (Å²) >= 11 is 0. The van der Waals surface area contributed by atoms with Crippen LogP contribution in [0.1, 0.15) is 18.4 Å². The summed E-state index contributed by atoms with van der Waals surface area (Å²) in [6.45, 7) is 2.17. The van der Waals surface area contributed by atoms with Crippen molar-refractivity contribution in [3.63, 3.8) is 0 Å². The van der Waals surface area contributed by atoms with Gasteiger partial charge in [-0.15, -0.1) is 0 Å². The van der Waals surface area contributed by atoms with Gasteiger partial charge in [0, 0.05) is 6.54 Å². The van der Waals surface area contributed by atoms with Crippen LogP contribution in [0.2, 0.25) is 0 Å². The molecule has 7 nitrogen and oxygen atoms in total. The summed E-state index contributed by atoms with van der Waals surface area (Å²) in [7, 11) is -2.24. The molecule has 1 aromatic heterocycles. The molecule has 1 atom stereocenters. The van der Waals surface area contributed by atoms with E-state index in [2.05, 4.69) is 9.97 Å². The second-order valence-corrected chi connectivity index (χ2v) is 7.96. The maximum atomic E-state index is 13.3. The van der Waals surface area contributed by atoms with Crippen LogP contribution in [0.4, 0.5) is 4.39 Å². The Bertz CT molecular complexity index is 891. The number of rotatable bonds is 5. The van der Waals surface area contributed by atoms with Gasteiger partial charge in [0.15, 0.2) is 0 Å². The molecule has 1 aliphatic rings. The molecule has 1 aliphatic heterocycles. The molecular formula is C17H20FN3O4S. The molecule has 2 aromatic rings. The zero-order valence-corrected chi connectivity index (χ0v) is 15.4. The number of sulfonamides is 1. The minimum atomic E-state index is -3.72. The minimum absolute atomic E-state index is 0.112. The van der Waals surface area contributed by atoms with Crippen LogP contribution in [0.15, 0.2) is 35.5 Å². The lowest BCUT2D eigenvalue weighted by molar-refractivity contribution is 0.123. The topological polar surface area (TPSA) is 81.6 Å². The van der Waals surface area contributed by atoms with E-state index in [1.165, 1.54) is 35.9 Å². The van der Waals surface area contributed by atoms with E-state index in [1.54, 1.807) is 6.92 Å². The van der Waals surface area contributed by atoms with E-state index in [-0.39, 0.29) is 23.4 Å². The third-order valence-corrected chi connectivity index (χ3v) is 6.21. The van der Waals surface area contributed by atoms with E-state index in [1.807, 2.05) is 0 Å². The summed E-state index contributed by atoms with van der Waals surface area (Å²) < 4.78 is 51.3. The first-order chi connectivity index (χ1) is 12.4. The Balaban J connectivity index is 1.77. The van der Waals surface area contributed by atoms with Gasteiger partial charge in [-0.25, -0.2) is 12.8 Å². The van der Waals surface area contributed by atoms with Gasteiger partial charge < -0.3 is 9.47 Å². The molecule has 1 unspecified atom stereocenters. The van der Waals surface area contributed by atoms with E-state index in [0.717, 1.165) is 6.07 Å². The molecule has 0 bridgehead atoms. The number of benzene rings is 1. The molecule has 140 valence electrons. The lowest BCUT2D eigenvalue weighted by Gasteiger charge is -2.32. The van der Waals surface area contributed by atoms with Crippen molar-refractivity contribution >= 4 is 10.0 Å². The molecule has 0 saturated carbocycles. The zero-order valence-electron chi connectivity index (χ0n) is 14.6. The molecule has 1 saturated heterocycles. The fraction of sp³-hybridized carbons (Fsp3) is 0.412. The van der Waals surface area contributed by atoms with E-state index in [0.29, 0.717) is 30.8 Å². The Morgan fingerprint density at radius 3 is 2.77 bits per heavy atom. The molecular weight excluding hydrogens is 361 g/mol. The van der Waals surface area contributed by atoms with Gasteiger partial charge in [-0.2, -0.15) is 9.29 Å². The van der Waals surface area contributed by atoms with Crippen LogP contribution >= 0.6 is 0 Å². The number of aryl methyl sites for hydroxylation is 1. The predicted octanol–water partition coefficient (Wildman–Crippen LogP) is 2.16. The first kappa shape index (κ1) is 18.5. The number of nitrogens with zero attached hydrogens (tertiary/aromatic N) is 3. The van der Waals surface area contributed by atoms with Crippen molar-refractivity contribution in [1.82, 2.24) is 14.3 Å². The van der Waals surface area contributed by atoms with Crippen LogP contribution in [0, 0.1) is 12.7 Å². The average molecular weight is 381 g/mol. The maximum absolute atomic E-state index is 13.3. The molecule has 1 fully saturated rings. The van der Waals surface area contributed by atoms with E-state index >= 15 is 0 Å². The third kappa shape index (κ3) is 3.94. The Morgan fingerprint density at radius 2 is 2.04 bits per heavy atom. The highest BCUT2D eigenvalue weighted by Crippen LogP contribution is 2.25. The Labute approximate surface area is 151 Å². The summed E-state index contributed by atoms with van der Waals surface area (Å²) in [4.78, 5) is 8.23. The zero-order chi connectivity index (χ0) is 18.7. The normalized spacial score (nSPS) is 18.5. The number of hydrogen-bond acceptors (Lipinski definition) is 6. The highest BCUT2D eigenvalue weighted by molar-refractivity contribution is 7.89. The van der Waals surface area contributed by atoms with Crippen molar-refractivity contribution in [2.75, 3.05) is 20.2 Å². The summed E-state index contributed by atoms with van der Waals surface area (Å²) in [5.74, 6) is 0.147. The van der Waals surface area contributed by atoms with Crippen molar-refractivity contribution in [1.29, 1.82) is 0 Å². The van der Waals surface area contributed by atoms with E-state index in [9.17, 15) is 12.8 Å². The summed E-state index contributed by atoms with van der Waals surface area (Å²) in [6.07, 6.45) is 3.93. The van der Waals surface area contributed by atoms with Gasteiger partial charge >= 0.3 is 0 Å². The number of ether oxygens (including phenoxy) is 2. The predicted molar refractivity (Wildman–Crippen MR) is 92.1 cm³/mol. The van der Waals surface area contributed by atoms with Crippen LogP contribution in [-0.4, -0.2) is 49.0 Å². The Kier molecular flexibility index (Phi) is 5.38. The Morgan fingerprint density at radius 1 is 1.27 bits per heavy atom. The number of methoxy groups -OCH3 is 1. The van der Waals surface area contributed by atoms with Gasteiger partial charge in [0.05, 0.1) is 30.9 Å². The van der Waals surface area contributed by atoms with Gasteiger partial charge in [0.2, 0.25) is 21.8 Å². The highest BCUT2D eigenvalue weighted by atomic mass is 32.2. The quantitative estimate of drug-likeness (QED) is 0.790. The van der Waals surface area contributed by atoms with Crippen molar-refractivity contribution in [3.05, 3.63) is 42.0 Å². The van der Waals surface area contributed by atoms with E-state index < -0.39 is 15.8 Å². The molecule has 0 amide bonds. The number of halogens is 1. The molecule has 0 N–H and O–H groups in total. The molecule has 0 spiro atoms. The second-order valence-electron chi connectivity index (χ2n) is 6.05. The highest BCUT2D eigenvalue weighted by Gasteiger charge is 2.32. The van der Waals surface area contributed by atoms with Gasteiger partial charge in [-0.3, -0.25) is 4.98 Å². The number of piperidine rings is 1. The summed E-state index contributed by atoms with van der Waals surface area (Å²) in [5, 5.41) is 0. The molecule has 0 radical (unpaired) electrons. The largest absolute Gasteiger partial charge is 0.480 e. The smallest absolute Gasteiger partial charge is 0.243 e. The number of hydrogen-bond donors (Lipinski definition) is 0. The second kappa shape index (κ2) is 7.55. The lowest BCUT2D eigenvalue weighted by Crippen LogP contribution is -2.44. The van der Waals surface area contributed by atoms with Crippen LogP contribution in [0.3, 0.4) is 0 Å². The molecule has 2 heterocycles. The summed E-state index contributed by atoms with van der Waals surface area (Å²) in [5.41, 5.74) is 0.381. The minimum Gasteiger partial charge on any atom is -0.480 e. The molecule has 9 heteroatoms. The van der Waals surface area contributed by atoms with Gasteiger partial charge in [0.1, 0.15) is 11.9 Å². The van der Waals surface area contributed by atoms with Crippen LogP contribution < -0.4 is 9.47 Å². The van der Waals surface area contributed by atoms with Gasteiger partial charge in [-0.05, 0) is 43.5 Å². The molecule has 3 rings (SSSR count). The van der Waals surface area contributed by atoms with Crippen molar-refractivity contribution in [3.8, 4) is 11.8 Å². The lowest BCUT2D eigenvalue weighted by atomic mass is 10.1. The van der Waals surface area contributed by atoms with E-state index in [4.69, 9.17) is 9.47 Å². The van der Waals surface area contributed by atoms with Crippen LogP contribution in [0.25, 0.3) is 0 Å². The Hall–Kier alpha value is -2.26. The summed E-state index contributed by atoms with van der Waals surface area (Å²) in [6, 6.07) is 3.68.